The molecule has 0 bridgehead atoms. The molecule has 90 valence electrons. The third-order valence-electron chi connectivity index (χ3n) is 2.35. The molecule has 1 unspecified atom stereocenters. The molecule has 1 aliphatic rings. The number of halogens is 1. The molecule has 1 saturated heterocycles. The smallest absolute Gasteiger partial charge is 0.211 e. The summed E-state index contributed by atoms with van der Waals surface area (Å²) < 4.78 is 25.6. The van der Waals surface area contributed by atoms with Crippen LogP contribution in [-0.4, -0.2) is 37.6 Å². The van der Waals surface area contributed by atoms with Crippen LogP contribution in [0.4, 0.5) is 0 Å². The third-order valence-corrected chi connectivity index (χ3v) is 5.45. The van der Waals surface area contributed by atoms with E-state index in [1.54, 1.807) is 0 Å². The van der Waals surface area contributed by atoms with Crippen LogP contribution in [0.15, 0.2) is 0 Å². The zero-order chi connectivity index (χ0) is 11.1. The largest absolute Gasteiger partial charge is 0.214 e. The summed E-state index contributed by atoms with van der Waals surface area (Å²) >= 11 is 7.33. The van der Waals surface area contributed by atoms with Crippen molar-refractivity contribution in [2.45, 2.75) is 30.9 Å². The molecule has 0 aromatic rings. The van der Waals surface area contributed by atoms with Crippen molar-refractivity contribution >= 4 is 33.4 Å². The van der Waals surface area contributed by atoms with Crippen LogP contribution >= 0.6 is 23.4 Å². The highest BCUT2D eigenvalue weighted by molar-refractivity contribution is 8.00. The van der Waals surface area contributed by atoms with Crippen molar-refractivity contribution in [1.82, 2.24) is 4.72 Å². The predicted octanol–water partition coefficient (Wildman–Crippen LogP) is 1.82. The Hall–Kier alpha value is 0.550. The number of rotatable bonds is 6. The van der Waals surface area contributed by atoms with E-state index in [1.807, 2.05) is 11.8 Å². The second-order valence-corrected chi connectivity index (χ2v) is 7.41. The lowest BCUT2D eigenvalue weighted by atomic mass is 10.2. The molecule has 6 heteroatoms. The van der Waals surface area contributed by atoms with Crippen LogP contribution in [0.3, 0.4) is 0 Å². The van der Waals surface area contributed by atoms with Crippen molar-refractivity contribution in [1.29, 1.82) is 0 Å². The highest BCUT2D eigenvalue weighted by atomic mass is 35.5. The maximum Gasteiger partial charge on any atom is 0.211 e. The summed E-state index contributed by atoms with van der Waals surface area (Å²) in [6.45, 7) is 0.579. The summed E-state index contributed by atoms with van der Waals surface area (Å²) in [5.41, 5.74) is 0. The van der Waals surface area contributed by atoms with Gasteiger partial charge < -0.3 is 0 Å². The Kier molecular flexibility index (Phi) is 6.34. The molecule has 1 heterocycles. The molecule has 1 atom stereocenters. The predicted molar refractivity (Wildman–Crippen MR) is 67.2 cm³/mol. The van der Waals surface area contributed by atoms with E-state index in [4.69, 9.17) is 11.6 Å². The van der Waals surface area contributed by atoms with Crippen LogP contribution in [0.5, 0.6) is 0 Å². The highest BCUT2D eigenvalue weighted by Crippen LogP contribution is 2.24. The molecule has 0 aromatic carbocycles. The Morgan fingerprint density at radius 3 is 2.80 bits per heavy atom. The lowest BCUT2D eigenvalue weighted by Gasteiger charge is -2.21. The van der Waals surface area contributed by atoms with Gasteiger partial charge >= 0.3 is 0 Å². The van der Waals surface area contributed by atoms with E-state index in [1.165, 1.54) is 12.8 Å². The summed E-state index contributed by atoms with van der Waals surface area (Å²) in [4.78, 5) is 0. The van der Waals surface area contributed by atoms with Gasteiger partial charge in [0, 0.05) is 17.7 Å². The molecule has 0 amide bonds. The summed E-state index contributed by atoms with van der Waals surface area (Å²) in [6, 6.07) is 0. The SMILES string of the molecule is O=S(=O)(CCCCl)NCC1CCCCS1. The number of hydrogen-bond acceptors (Lipinski definition) is 3. The van der Waals surface area contributed by atoms with Crippen molar-refractivity contribution < 1.29 is 8.42 Å². The molecule has 3 nitrogen and oxygen atoms in total. The van der Waals surface area contributed by atoms with E-state index in [0.717, 1.165) is 12.2 Å². The van der Waals surface area contributed by atoms with Gasteiger partial charge in [-0.15, -0.1) is 11.6 Å². The first-order valence-corrected chi connectivity index (χ1v) is 8.52. The Labute approximate surface area is 101 Å². The fraction of sp³-hybridized carbons (Fsp3) is 1.00. The van der Waals surface area contributed by atoms with E-state index in [9.17, 15) is 8.42 Å². The summed E-state index contributed by atoms with van der Waals surface area (Å²) in [5.74, 6) is 1.71. The van der Waals surface area contributed by atoms with E-state index in [2.05, 4.69) is 4.72 Å². The number of sulfonamides is 1. The summed E-state index contributed by atoms with van der Waals surface area (Å²) in [5, 5.41) is 0.463. The third kappa shape index (κ3) is 6.00. The van der Waals surface area contributed by atoms with Crippen molar-refractivity contribution in [3.8, 4) is 0 Å². The maximum absolute atomic E-state index is 11.5. The first-order valence-electron chi connectivity index (χ1n) is 5.29. The Morgan fingerprint density at radius 2 is 2.20 bits per heavy atom. The van der Waals surface area contributed by atoms with Gasteiger partial charge in [-0.1, -0.05) is 6.42 Å². The van der Waals surface area contributed by atoms with Gasteiger partial charge in [-0.2, -0.15) is 11.8 Å². The molecule has 1 N–H and O–H groups in total. The average Bonchev–Trinajstić information content (AvgIpc) is 2.25. The molecule has 1 rings (SSSR count). The molecule has 1 fully saturated rings. The lowest BCUT2D eigenvalue weighted by Crippen LogP contribution is -2.33. The van der Waals surface area contributed by atoms with E-state index in [-0.39, 0.29) is 5.75 Å². The quantitative estimate of drug-likeness (QED) is 0.750. The standard InChI is InChI=1S/C9H18ClNO2S2/c10-5-3-7-15(12,13)11-8-9-4-1-2-6-14-9/h9,11H,1-8H2. The second kappa shape index (κ2) is 6.99. The Bertz CT molecular complexity index is 263. The van der Waals surface area contributed by atoms with Crippen molar-refractivity contribution in [3.63, 3.8) is 0 Å². The molecular formula is C9H18ClNO2S2. The van der Waals surface area contributed by atoms with Crippen molar-refractivity contribution in [2.75, 3.05) is 23.9 Å². The Morgan fingerprint density at radius 1 is 1.40 bits per heavy atom. The van der Waals surface area contributed by atoms with E-state index in [0.29, 0.717) is 24.1 Å². The minimum atomic E-state index is -3.09. The Balaban J connectivity index is 2.22. The van der Waals surface area contributed by atoms with Gasteiger partial charge in [-0.05, 0) is 25.0 Å². The lowest BCUT2D eigenvalue weighted by molar-refractivity contribution is 0.572. The van der Waals surface area contributed by atoms with Crippen LogP contribution in [0.1, 0.15) is 25.7 Å². The zero-order valence-electron chi connectivity index (χ0n) is 8.75. The molecule has 1 aliphatic heterocycles. The van der Waals surface area contributed by atoms with Gasteiger partial charge in [0.15, 0.2) is 0 Å². The molecule has 0 radical (unpaired) electrons. The fourth-order valence-electron chi connectivity index (χ4n) is 1.51. The van der Waals surface area contributed by atoms with E-state index >= 15 is 0 Å². The first-order chi connectivity index (χ1) is 7.14. The number of thioether (sulfide) groups is 1. The molecule has 15 heavy (non-hydrogen) atoms. The summed E-state index contributed by atoms with van der Waals surface area (Å²) in [6.07, 6.45) is 4.14. The topological polar surface area (TPSA) is 46.2 Å². The van der Waals surface area contributed by atoms with Gasteiger partial charge in [0.05, 0.1) is 5.75 Å². The van der Waals surface area contributed by atoms with Crippen molar-refractivity contribution in [2.24, 2.45) is 0 Å². The van der Waals surface area contributed by atoms with E-state index < -0.39 is 10.0 Å². The number of nitrogens with one attached hydrogen (secondary N) is 1. The highest BCUT2D eigenvalue weighted by Gasteiger charge is 2.17. The number of hydrogen-bond donors (Lipinski definition) is 1. The average molecular weight is 272 g/mol. The monoisotopic (exact) mass is 271 g/mol. The van der Waals surface area contributed by atoms with Gasteiger partial charge in [0.2, 0.25) is 10.0 Å². The fourth-order valence-corrected chi connectivity index (χ4v) is 4.27. The molecule has 0 spiro atoms. The maximum atomic E-state index is 11.5. The van der Waals surface area contributed by atoms with Crippen LogP contribution in [0.25, 0.3) is 0 Å². The minimum absolute atomic E-state index is 0.147. The second-order valence-electron chi connectivity index (χ2n) is 3.70. The molecule has 0 saturated carbocycles. The minimum Gasteiger partial charge on any atom is -0.214 e. The zero-order valence-corrected chi connectivity index (χ0v) is 11.1. The normalized spacial score (nSPS) is 22.9. The number of alkyl halides is 1. The van der Waals surface area contributed by atoms with Crippen LogP contribution in [0, 0.1) is 0 Å². The molecule has 0 aliphatic carbocycles. The van der Waals surface area contributed by atoms with Gasteiger partial charge in [0.25, 0.3) is 0 Å². The van der Waals surface area contributed by atoms with Gasteiger partial charge in [0.1, 0.15) is 0 Å². The first kappa shape index (κ1) is 13.6. The van der Waals surface area contributed by atoms with Crippen LogP contribution < -0.4 is 4.72 Å². The summed E-state index contributed by atoms with van der Waals surface area (Å²) in [7, 11) is -3.09. The van der Waals surface area contributed by atoms with Gasteiger partial charge in [-0.25, -0.2) is 13.1 Å². The molecule has 0 aromatic heterocycles. The van der Waals surface area contributed by atoms with Crippen molar-refractivity contribution in [3.05, 3.63) is 0 Å². The van der Waals surface area contributed by atoms with Crippen LogP contribution in [-0.2, 0) is 10.0 Å². The van der Waals surface area contributed by atoms with Gasteiger partial charge in [-0.3, -0.25) is 0 Å². The van der Waals surface area contributed by atoms with Crippen LogP contribution in [0.2, 0.25) is 0 Å². The molecular weight excluding hydrogens is 254 g/mol.